The van der Waals surface area contributed by atoms with E-state index in [0.29, 0.717) is 11.5 Å². The third-order valence-corrected chi connectivity index (χ3v) is 5.12. The third-order valence-electron chi connectivity index (χ3n) is 5.12. The van der Waals surface area contributed by atoms with E-state index in [9.17, 15) is 4.79 Å². The van der Waals surface area contributed by atoms with E-state index in [-0.39, 0.29) is 12.1 Å². The summed E-state index contributed by atoms with van der Waals surface area (Å²) >= 11 is 0. The van der Waals surface area contributed by atoms with Gasteiger partial charge in [0, 0.05) is 0 Å². The SMILES string of the molecule is CCCCCCc1ccc(C(=O)OOC2CCCCC2CC)cc1. The van der Waals surface area contributed by atoms with Gasteiger partial charge >= 0.3 is 5.97 Å². The molecule has 1 aliphatic carbocycles. The monoisotopic (exact) mass is 332 g/mol. The highest BCUT2D eigenvalue weighted by Gasteiger charge is 2.26. The van der Waals surface area contributed by atoms with Crippen molar-refractivity contribution in [1.29, 1.82) is 0 Å². The first kappa shape index (κ1) is 19.0. The van der Waals surface area contributed by atoms with Crippen LogP contribution in [0, 0.1) is 5.92 Å². The van der Waals surface area contributed by atoms with Crippen molar-refractivity contribution in [2.24, 2.45) is 5.92 Å². The van der Waals surface area contributed by atoms with Gasteiger partial charge in [0.15, 0.2) is 0 Å². The molecule has 0 N–H and O–H groups in total. The standard InChI is InChI=1S/C21H32O3/c1-3-5-6-7-10-17-13-15-19(16-14-17)21(22)24-23-20-12-9-8-11-18(20)4-2/h13-16,18,20H,3-12H2,1-2H3. The molecule has 1 aliphatic rings. The van der Waals surface area contributed by atoms with Crippen LogP contribution in [0.15, 0.2) is 24.3 Å². The zero-order valence-corrected chi connectivity index (χ0v) is 15.3. The maximum atomic E-state index is 12.1. The number of unbranched alkanes of at least 4 members (excludes halogenated alkanes) is 3. The lowest BCUT2D eigenvalue weighted by Gasteiger charge is -2.28. The first-order valence-corrected chi connectivity index (χ1v) is 9.71. The lowest BCUT2D eigenvalue weighted by Crippen LogP contribution is -2.28. The fraction of sp³-hybridized carbons (Fsp3) is 0.667. The van der Waals surface area contributed by atoms with Crippen LogP contribution in [0.2, 0.25) is 0 Å². The summed E-state index contributed by atoms with van der Waals surface area (Å²) in [5.74, 6) is 0.130. The zero-order chi connectivity index (χ0) is 17.2. The van der Waals surface area contributed by atoms with E-state index >= 15 is 0 Å². The largest absolute Gasteiger partial charge is 0.373 e. The summed E-state index contributed by atoms with van der Waals surface area (Å²) in [6.07, 6.45) is 11.8. The quantitative estimate of drug-likeness (QED) is 0.322. The summed E-state index contributed by atoms with van der Waals surface area (Å²) in [7, 11) is 0. The number of carbonyl (C=O) groups excluding carboxylic acids is 1. The highest BCUT2D eigenvalue weighted by atomic mass is 17.2. The van der Waals surface area contributed by atoms with Crippen LogP contribution in [0.3, 0.4) is 0 Å². The van der Waals surface area contributed by atoms with Gasteiger partial charge in [0.05, 0.1) is 5.56 Å². The third kappa shape index (κ3) is 5.94. The highest BCUT2D eigenvalue weighted by Crippen LogP contribution is 2.29. The van der Waals surface area contributed by atoms with Crippen LogP contribution >= 0.6 is 0 Å². The van der Waals surface area contributed by atoms with Gasteiger partial charge < -0.3 is 0 Å². The van der Waals surface area contributed by atoms with Crippen molar-refractivity contribution < 1.29 is 14.6 Å². The molecule has 0 heterocycles. The minimum atomic E-state index is -0.382. The molecular weight excluding hydrogens is 300 g/mol. The smallest absolute Gasteiger partial charge is 0.293 e. The summed E-state index contributed by atoms with van der Waals surface area (Å²) in [4.78, 5) is 22.7. The molecular formula is C21H32O3. The van der Waals surface area contributed by atoms with E-state index in [1.807, 2.05) is 24.3 Å². The molecule has 2 atom stereocenters. The van der Waals surface area contributed by atoms with Crippen LogP contribution < -0.4 is 0 Å². The van der Waals surface area contributed by atoms with Crippen LogP contribution in [-0.2, 0) is 16.2 Å². The van der Waals surface area contributed by atoms with E-state index in [1.165, 1.54) is 44.1 Å². The van der Waals surface area contributed by atoms with Gasteiger partial charge in [0.25, 0.3) is 0 Å². The Morgan fingerprint density at radius 3 is 2.50 bits per heavy atom. The Labute approximate surface area is 146 Å². The van der Waals surface area contributed by atoms with Crippen LogP contribution in [0.4, 0.5) is 0 Å². The van der Waals surface area contributed by atoms with Crippen LogP contribution in [0.25, 0.3) is 0 Å². The molecule has 1 fully saturated rings. The number of hydrogen-bond acceptors (Lipinski definition) is 3. The van der Waals surface area contributed by atoms with Crippen molar-refractivity contribution >= 4 is 5.97 Å². The van der Waals surface area contributed by atoms with Crippen molar-refractivity contribution in [2.45, 2.75) is 84.2 Å². The summed E-state index contributed by atoms with van der Waals surface area (Å²) in [5.41, 5.74) is 1.85. The summed E-state index contributed by atoms with van der Waals surface area (Å²) in [6.45, 7) is 4.39. The van der Waals surface area contributed by atoms with Gasteiger partial charge in [-0.25, -0.2) is 4.79 Å². The Morgan fingerprint density at radius 2 is 1.79 bits per heavy atom. The topological polar surface area (TPSA) is 35.5 Å². The minimum absolute atomic E-state index is 0.0607. The van der Waals surface area contributed by atoms with E-state index in [1.54, 1.807) is 0 Å². The van der Waals surface area contributed by atoms with E-state index < -0.39 is 0 Å². The average molecular weight is 332 g/mol. The van der Waals surface area contributed by atoms with Gasteiger partial charge in [-0.05, 0) is 49.3 Å². The molecule has 0 aromatic heterocycles. The molecule has 2 rings (SSSR count). The maximum absolute atomic E-state index is 12.1. The highest BCUT2D eigenvalue weighted by molar-refractivity contribution is 5.88. The van der Waals surface area contributed by atoms with Gasteiger partial charge in [-0.2, -0.15) is 4.89 Å². The van der Waals surface area contributed by atoms with Crippen molar-refractivity contribution in [1.82, 2.24) is 0 Å². The molecule has 24 heavy (non-hydrogen) atoms. The molecule has 0 bridgehead atoms. The van der Waals surface area contributed by atoms with Crippen LogP contribution in [0.1, 0.15) is 87.6 Å². The fourth-order valence-corrected chi connectivity index (χ4v) is 3.48. The van der Waals surface area contributed by atoms with Crippen molar-refractivity contribution in [3.8, 4) is 0 Å². The van der Waals surface area contributed by atoms with Crippen LogP contribution in [-0.4, -0.2) is 12.1 Å². The molecule has 0 spiro atoms. The van der Waals surface area contributed by atoms with Gasteiger partial charge in [-0.15, -0.1) is 0 Å². The Balaban J connectivity index is 1.77. The Morgan fingerprint density at radius 1 is 1.04 bits per heavy atom. The van der Waals surface area contributed by atoms with Crippen molar-refractivity contribution in [3.63, 3.8) is 0 Å². The first-order chi connectivity index (χ1) is 11.7. The number of rotatable bonds is 9. The number of carbonyl (C=O) groups is 1. The molecule has 0 amide bonds. The van der Waals surface area contributed by atoms with Gasteiger partial charge in [-0.3, -0.25) is 4.89 Å². The summed E-state index contributed by atoms with van der Waals surface area (Å²) < 4.78 is 0. The molecule has 1 saturated carbocycles. The molecule has 1 aromatic carbocycles. The molecule has 0 aliphatic heterocycles. The number of benzene rings is 1. The zero-order valence-electron chi connectivity index (χ0n) is 15.3. The van der Waals surface area contributed by atoms with E-state index in [2.05, 4.69) is 13.8 Å². The van der Waals surface area contributed by atoms with Crippen LogP contribution in [0.5, 0.6) is 0 Å². The molecule has 3 nitrogen and oxygen atoms in total. The summed E-state index contributed by atoms with van der Waals surface area (Å²) in [5, 5.41) is 0. The van der Waals surface area contributed by atoms with E-state index in [4.69, 9.17) is 9.78 Å². The normalized spacial score (nSPS) is 20.8. The number of hydrogen-bond donors (Lipinski definition) is 0. The second kappa shape index (κ2) is 10.5. The lowest BCUT2D eigenvalue weighted by molar-refractivity contribution is -0.290. The predicted octanol–water partition coefficient (Wildman–Crippen LogP) is 5.87. The van der Waals surface area contributed by atoms with Crippen molar-refractivity contribution in [3.05, 3.63) is 35.4 Å². The molecule has 3 heteroatoms. The average Bonchev–Trinajstić information content (AvgIpc) is 2.64. The van der Waals surface area contributed by atoms with Gasteiger partial charge in [0.1, 0.15) is 6.10 Å². The Kier molecular flexibility index (Phi) is 8.31. The molecule has 0 saturated heterocycles. The molecule has 2 unspecified atom stereocenters. The van der Waals surface area contributed by atoms with Gasteiger partial charge in [-0.1, -0.05) is 64.5 Å². The Bertz CT molecular complexity index is 480. The predicted molar refractivity (Wildman–Crippen MR) is 96.8 cm³/mol. The first-order valence-electron chi connectivity index (χ1n) is 9.71. The van der Waals surface area contributed by atoms with Crippen molar-refractivity contribution in [2.75, 3.05) is 0 Å². The van der Waals surface area contributed by atoms with Gasteiger partial charge in [0.2, 0.25) is 0 Å². The Hall–Kier alpha value is -1.35. The second-order valence-corrected chi connectivity index (χ2v) is 6.97. The summed E-state index contributed by atoms with van der Waals surface area (Å²) in [6, 6.07) is 7.74. The molecule has 134 valence electrons. The minimum Gasteiger partial charge on any atom is -0.293 e. The number of aryl methyl sites for hydroxylation is 1. The van der Waals surface area contributed by atoms with E-state index in [0.717, 1.165) is 25.7 Å². The molecule has 0 radical (unpaired) electrons. The second-order valence-electron chi connectivity index (χ2n) is 6.97. The lowest BCUT2D eigenvalue weighted by atomic mass is 9.85. The maximum Gasteiger partial charge on any atom is 0.373 e. The fourth-order valence-electron chi connectivity index (χ4n) is 3.48. The molecule has 1 aromatic rings.